The minimum absolute atomic E-state index is 0.000503. The van der Waals surface area contributed by atoms with E-state index in [9.17, 15) is 18.0 Å². The quantitative estimate of drug-likeness (QED) is 0.578. The Balaban J connectivity index is 1.67. The van der Waals surface area contributed by atoms with Gasteiger partial charge in [-0.1, -0.05) is 11.6 Å². The molecule has 2 atom stereocenters. The van der Waals surface area contributed by atoms with E-state index in [1.807, 2.05) is 6.92 Å². The SMILES string of the molecule is CC[NH+](CC(=O)N[C@@H]1CCS(=O)(=O)C1)Cc1nc2cc(Cl)ccc2c(=O)[nH]1. The van der Waals surface area contributed by atoms with E-state index in [4.69, 9.17) is 11.6 Å². The molecule has 10 heteroatoms. The number of H-pyrrole nitrogens is 1. The molecule has 146 valence electrons. The number of rotatable bonds is 6. The van der Waals surface area contributed by atoms with Crippen LogP contribution in [0.25, 0.3) is 10.9 Å². The molecule has 1 aliphatic rings. The zero-order valence-corrected chi connectivity index (χ0v) is 16.5. The van der Waals surface area contributed by atoms with Gasteiger partial charge in [0.1, 0.15) is 6.54 Å². The Labute approximate surface area is 161 Å². The van der Waals surface area contributed by atoms with Gasteiger partial charge in [0, 0.05) is 11.1 Å². The predicted molar refractivity (Wildman–Crippen MR) is 103 cm³/mol. The number of nitrogens with one attached hydrogen (secondary N) is 3. The van der Waals surface area contributed by atoms with Gasteiger partial charge in [0.25, 0.3) is 11.5 Å². The fourth-order valence-electron chi connectivity index (χ4n) is 3.21. The molecule has 8 nitrogen and oxygen atoms in total. The molecule has 2 aromatic rings. The van der Waals surface area contributed by atoms with Gasteiger partial charge >= 0.3 is 0 Å². The molecule has 0 aliphatic carbocycles. The van der Waals surface area contributed by atoms with Crippen molar-refractivity contribution in [1.82, 2.24) is 15.3 Å². The van der Waals surface area contributed by atoms with Crippen molar-refractivity contribution in [3.05, 3.63) is 39.4 Å². The normalized spacial score (nSPS) is 19.9. The molecule has 1 aromatic carbocycles. The zero-order chi connectivity index (χ0) is 19.6. The van der Waals surface area contributed by atoms with E-state index in [2.05, 4.69) is 15.3 Å². The molecule has 1 fully saturated rings. The number of aromatic amines is 1. The van der Waals surface area contributed by atoms with E-state index in [0.717, 1.165) is 4.90 Å². The second kappa shape index (κ2) is 7.95. The Hall–Kier alpha value is -1.97. The van der Waals surface area contributed by atoms with Crippen LogP contribution in [0.2, 0.25) is 5.02 Å². The lowest BCUT2D eigenvalue weighted by Gasteiger charge is -2.18. The topological polar surface area (TPSA) is 113 Å². The van der Waals surface area contributed by atoms with Crippen molar-refractivity contribution in [1.29, 1.82) is 0 Å². The molecule has 27 heavy (non-hydrogen) atoms. The summed E-state index contributed by atoms with van der Waals surface area (Å²) in [4.78, 5) is 32.6. The number of amides is 1. The standard InChI is InChI=1S/C17H21ClN4O4S/c1-2-22(9-16(23)19-12-5-6-27(25,26)10-12)8-15-20-14-7-11(18)3-4-13(14)17(24)21-15/h3-4,7,12H,2,5-6,8-10H2,1H3,(H,19,23)(H,20,21,24)/p+1/t12-/m1/s1. The fraction of sp³-hybridized carbons (Fsp3) is 0.471. The van der Waals surface area contributed by atoms with Gasteiger partial charge < -0.3 is 15.2 Å². The number of quaternary nitrogens is 1. The lowest BCUT2D eigenvalue weighted by Crippen LogP contribution is -3.11. The fourth-order valence-corrected chi connectivity index (χ4v) is 5.05. The van der Waals surface area contributed by atoms with Crippen molar-refractivity contribution in [3.63, 3.8) is 0 Å². The van der Waals surface area contributed by atoms with E-state index in [1.54, 1.807) is 18.2 Å². The third kappa shape index (κ3) is 5.06. The second-order valence-corrected chi connectivity index (χ2v) is 9.46. The van der Waals surface area contributed by atoms with Crippen molar-refractivity contribution in [3.8, 4) is 0 Å². The number of sulfone groups is 1. The maximum absolute atomic E-state index is 12.3. The van der Waals surface area contributed by atoms with Crippen LogP contribution in [-0.4, -0.2) is 54.9 Å². The number of halogens is 1. The Kier molecular flexibility index (Phi) is 5.83. The minimum atomic E-state index is -3.03. The zero-order valence-electron chi connectivity index (χ0n) is 14.9. The van der Waals surface area contributed by atoms with Crippen molar-refractivity contribution in [2.75, 3.05) is 24.6 Å². The number of carbonyl (C=O) groups is 1. The van der Waals surface area contributed by atoms with Crippen LogP contribution in [0.4, 0.5) is 0 Å². The van der Waals surface area contributed by atoms with E-state index in [0.29, 0.717) is 41.3 Å². The van der Waals surface area contributed by atoms with Crippen molar-refractivity contribution >= 4 is 38.2 Å². The number of carbonyl (C=O) groups excluding carboxylic acids is 1. The summed E-state index contributed by atoms with van der Waals surface area (Å²) in [6.07, 6.45) is 0.454. The number of nitrogens with zero attached hydrogens (tertiary/aromatic N) is 1. The number of aromatic nitrogens is 2. The third-order valence-electron chi connectivity index (χ3n) is 4.64. The number of benzene rings is 1. The van der Waals surface area contributed by atoms with Crippen LogP contribution in [0.5, 0.6) is 0 Å². The van der Waals surface area contributed by atoms with Gasteiger partial charge in [0.05, 0.1) is 29.0 Å². The maximum atomic E-state index is 12.3. The summed E-state index contributed by atoms with van der Waals surface area (Å²) in [6, 6.07) is 4.58. The minimum Gasteiger partial charge on any atom is -0.347 e. The summed E-state index contributed by atoms with van der Waals surface area (Å²) in [5.74, 6) is 0.385. The van der Waals surface area contributed by atoms with E-state index in [-0.39, 0.29) is 35.6 Å². The predicted octanol–water partition coefficient (Wildman–Crippen LogP) is -0.715. The molecule has 0 saturated carbocycles. The molecular weight excluding hydrogens is 392 g/mol. The van der Waals surface area contributed by atoms with Crippen LogP contribution in [0, 0.1) is 0 Å². The summed E-state index contributed by atoms with van der Waals surface area (Å²) >= 11 is 5.97. The van der Waals surface area contributed by atoms with Gasteiger partial charge in [-0.15, -0.1) is 0 Å². The van der Waals surface area contributed by atoms with Crippen molar-refractivity contribution < 1.29 is 18.1 Å². The highest BCUT2D eigenvalue weighted by molar-refractivity contribution is 7.91. The van der Waals surface area contributed by atoms with Crippen LogP contribution in [-0.2, 0) is 21.2 Å². The highest BCUT2D eigenvalue weighted by Crippen LogP contribution is 2.14. The van der Waals surface area contributed by atoms with Gasteiger partial charge in [-0.05, 0) is 31.5 Å². The van der Waals surface area contributed by atoms with Crippen LogP contribution >= 0.6 is 11.6 Å². The Bertz CT molecular complexity index is 1020. The molecular formula is C17H22ClN4O4S+. The molecule has 3 rings (SSSR count). The van der Waals surface area contributed by atoms with E-state index < -0.39 is 9.84 Å². The van der Waals surface area contributed by atoms with Gasteiger partial charge in [-0.25, -0.2) is 13.4 Å². The van der Waals surface area contributed by atoms with Crippen molar-refractivity contribution in [2.24, 2.45) is 0 Å². The molecule has 3 N–H and O–H groups in total. The summed E-state index contributed by atoms with van der Waals surface area (Å²) in [5, 5.41) is 3.74. The van der Waals surface area contributed by atoms with Gasteiger partial charge in [0.15, 0.2) is 22.2 Å². The first-order valence-electron chi connectivity index (χ1n) is 8.77. The molecule has 1 amide bonds. The highest BCUT2D eigenvalue weighted by atomic mass is 35.5. The molecule has 1 aliphatic heterocycles. The van der Waals surface area contributed by atoms with Crippen LogP contribution in [0.15, 0.2) is 23.0 Å². The van der Waals surface area contributed by atoms with Crippen LogP contribution < -0.4 is 15.8 Å². The summed E-state index contributed by atoms with van der Waals surface area (Å²) in [6.45, 7) is 3.11. The monoisotopic (exact) mass is 413 g/mol. The van der Waals surface area contributed by atoms with Crippen LogP contribution in [0.1, 0.15) is 19.2 Å². The Morgan fingerprint density at radius 2 is 2.22 bits per heavy atom. The maximum Gasteiger partial charge on any atom is 0.275 e. The summed E-state index contributed by atoms with van der Waals surface area (Å²) in [5.41, 5.74) is 0.264. The average Bonchev–Trinajstić information content (AvgIpc) is 2.92. The molecule has 1 unspecified atom stereocenters. The highest BCUT2D eigenvalue weighted by Gasteiger charge is 2.29. The van der Waals surface area contributed by atoms with E-state index in [1.165, 1.54) is 0 Å². The number of likely N-dealkylation sites (N-methyl/N-ethyl adjacent to an activating group) is 1. The van der Waals surface area contributed by atoms with Gasteiger partial charge in [0.2, 0.25) is 0 Å². The summed E-state index contributed by atoms with van der Waals surface area (Å²) in [7, 11) is -3.03. The van der Waals surface area contributed by atoms with E-state index >= 15 is 0 Å². The molecule has 1 saturated heterocycles. The number of fused-ring (bicyclic) bond motifs is 1. The Morgan fingerprint density at radius 3 is 2.89 bits per heavy atom. The number of hydrogen-bond acceptors (Lipinski definition) is 5. The average molecular weight is 414 g/mol. The first-order valence-corrected chi connectivity index (χ1v) is 11.0. The van der Waals surface area contributed by atoms with Gasteiger partial charge in [-0.2, -0.15) is 0 Å². The summed E-state index contributed by atoms with van der Waals surface area (Å²) < 4.78 is 23.0. The first kappa shape index (κ1) is 19.8. The lowest BCUT2D eigenvalue weighted by atomic mass is 10.2. The lowest BCUT2D eigenvalue weighted by molar-refractivity contribution is -0.904. The van der Waals surface area contributed by atoms with Crippen LogP contribution in [0.3, 0.4) is 0 Å². The van der Waals surface area contributed by atoms with Gasteiger partial charge in [-0.3, -0.25) is 9.59 Å². The van der Waals surface area contributed by atoms with Crippen molar-refractivity contribution in [2.45, 2.75) is 25.9 Å². The number of hydrogen-bond donors (Lipinski definition) is 3. The third-order valence-corrected chi connectivity index (χ3v) is 6.65. The molecule has 2 heterocycles. The second-order valence-electron chi connectivity index (χ2n) is 6.80. The molecule has 0 bridgehead atoms. The Morgan fingerprint density at radius 1 is 1.44 bits per heavy atom. The molecule has 0 spiro atoms. The molecule has 0 radical (unpaired) electrons. The largest absolute Gasteiger partial charge is 0.347 e. The smallest absolute Gasteiger partial charge is 0.275 e. The molecule has 1 aromatic heterocycles. The first-order chi connectivity index (χ1) is 12.8.